The van der Waals surface area contributed by atoms with Gasteiger partial charge in [-0.2, -0.15) is 0 Å². The average Bonchev–Trinajstić information content (AvgIpc) is 3.31. The number of pyridine rings is 1. The molecule has 3 aromatic rings. The van der Waals surface area contributed by atoms with E-state index in [9.17, 15) is 33.3 Å². The summed E-state index contributed by atoms with van der Waals surface area (Å²) in [4.78, 5) is 15.9. The molecule has 0 saturated carbocycles. The van der Waals surface area contributed by atoms with Gasteiger partial charge in [-0.3, -0.25) is 4.98 Å². The van der Waals surface area contributed by atoms with Crippen molar-refractivity contribution >= 4 is 33.7 Å². The molecule has 192 valence electrons. The van der Waals surface area contributed by atoms with Crippen LogP contribution in [0.3, 0.4) is 0 Å². The molecule has 1 aliphatic heterocycles. The Kier molecular flexibility index (Phi) is 8.27. The number of hydrogen-bond acceptors (Lipinski definition) is 9. The van der Waals surface area contributed by atoms with Crippen LogP contribution in [-0.2, 0) is 14.3 Å². The number of benzene rings is 1. The Balaban J connectivity index is 1.71. The van der Waals surface area contributed by atoms with E-state index in [4.69, 9.17) is 9.47 Å². The van der Waals surface area contributed by atoms with Crippen LogP contribution in [0.2, 0.25) is 0 Å². The topological polar surface area (TPSA) is 140 Å². The first-order valence-electron chi connectivity index (χ1n) is 10.3. The van der Waals surface area contributed by atoms with Gasteiger partial charge in [0.1, 0.15) is 42.1 Å². The molecule has 1 aromatic carbocycles. The first kappa shape index (κ1) is 26.5. The maximum absolute atomic E-state index is 13.7. The molecule has 4 rings (SSSR count). The van der Waals surface area contributed by atoms with Crippen molar-refractivity contribution in [2.75, 3.05) is 13.2 Å². The van der Waals surface area contributed by atoms with Crippen molar-refractivity contribution in [2.45, 2.75) is 34.7 Å². The number of hydrogen-bond donors (Lipinski definition) is 3. The predicted octanol–water partition coefficient (Wildman–Crippen LogP) is 2.40. The number of rotatable bonds is 8. The second-order valence-corrected chi connectivity index (χ2v) is 9.76. The third kappa shape index (κ3) is 5.71. The summed E-state index contributed by atoms with van der Waals surface area (Å²) in [5.74, 6) is -5.77. The number of nitrogens with zero attached hydrogens (tertiary/aromatic N) is 4. The molecule has 3 heterocycles. The molecule has 36 heavy (non-hydrogen) atoms. The van der Waals surface area contributed by atoms with Crippen molar-refractivity contribution < 1.29 is 42.8 Å². The minimum atomic E-state index is -1.64. The average molecular weight is 591 g/mol. The number of aliphatic hydroxyl groups excluding tert-OH is 2. The number of carboxylic acids is 1. The van der Waals surface area contributed by atoms with Gasteiger partial charge in [-0.05, 0) is 34.1 Å². The quantitative estimate of drug-likeness (QED) is 0.335. The third-order valence-corrected chi connectivity index (χ3v) is 6.79. The fourth-order valence-corrected chi connectivity index (χ4v) is 5.33. The Morgan fingerprint density at radius 1 is 1.22 bits per heavy atom. The second-order valence-electron chi connectivity index (χ2n) is 7.67. The molecule has 1 fully saturated rings. The number of carboxylic acid groups (broad SMARTS) is 1. The molecular formula is C21H18BrF3N4O6S. The summed E-state index contributed by atoms with van der Waals surface area (Å²) in [6.07, 6.45) is 0.629. The van der Waals surface area contributed by atoms with Crippen molar-refractivity contribution in [2.24, 2.45) is 0 Å². The minimum absolute atomic E-state index is 0.0515. The minimum Gasteiger partial charge on any atom is -0.480 e. The largest absolute Gasteiger partial charge is 0.480 e. The molecule has 0 spiro atoms. The van der Waals surface area contributed by atoms with E-state index in [1.54, 1.807) is 12.3 Å². The van der Waals surface area contributed by atoms with E-state index in [2.05, 4.69) is 31.2 Å². The number of thioether (sulfide) groups is 1. The number of halogens is 4. The summed E-state index contributed by atoms with van der Waals surface area (Å²) in [5, 5.41) is 37.7. The summed E-state index contributed by atoms with van der Waals surface area (Å²) in [5.41, 5.74) is -1.11. The van der Waals surface area contributed by atoms with Crippen LogP contribution in [0.4, 0.5) is 13.2 Å². The molecule has 2 aromatic heterocycles. The second kappa shape index (κ2) is 11.2. The molecular weight excluding hydrogens is 573 g/mol. The zero-order chi connectivity index (χ0) is 26.0. The van der Waals surface area contributed by atoms with Gasteiger partial charge in [-0.25, -0.2) is 22.6 Å². The fraction of sp³-hybridized carbons (Fsp3) is 0.333. The van der Waals surface area contributed by atoms with Crippen LogP contribution in [0, 0.1) is 17.5 Å². The zero-order valence-corrected chi connectivity index (χ0v) is 20.4. The Morgan fingerprint density at radius 3 is 2.58 bits per heavy atom. The van der Waals surface area contributed by atoms with Crippen molar-refractivity contribution in [1.29, 1.82) is 0 Å². The Hall–Kier alpha value is -2.56. The summed E-state index contributed by atoms with van der Waals surface area (Å²) < 4.78 is 54.0. The third-order valence-electron chi connectivity index (χ3n) is 5.25. The van der Waals surface area contributed by atoms with E-state index in [1.807, 2.05) is 0 Å². The molecule has 5 atom stereocenters. The van der Waals surface area contributed by atoms with Crippen LogP contribution in [0.1, 0.15) is 6.04 Å². The lowest BCUT2D eigenvalue weighted by atomic mass is 9.97. The standard InChI is InChI=1S/C21H18BrF3N4O6S/c22-10-3-11(5-26-4-10)36-21-20(34-8-16(31)32)18(19(33)15(7-30)35-21)29-6-14(27-28-29)9-1-12(23)17(25)13(24)2-9/h1-6,15,18-21,30,33H,7-8H2,(H,31,32)/t15-,18+,19+,20-,21-/m1/s1. The lowest BCUT2D eigenvalue weighted by Gasteiger charge is -2.43. The van der Waals surface area contributed by atoms with Crippen molar-refractivity contribution in [3.05, 3.63) is 58.7 Å². The SMILES string of the molecule is O=C(O)CO[C@@H]1[C@@H](n2cc(-c3cc(F)c(F)c(F)c3)nn2)[C@@H](O)[C@@H](CO)O[C@@H]1Sc1cncc(Br)c1. The first-order valence-corrected chi connectivity index (χ1v) is 12.0. The van der Waals surface area contributed by atoms with Crippen LogP contribution in [0.25, 0.3) is 11.3 Å². The summed E-state index contributed by atoms with van der Waals surface area (Å²) >= 11 is 4.42. The maximum atomic E-state index is 13.7. The highest BCUT2D eigenvalue weighted by atomic mass is 79.9. The number of aromatic nitrogens is 4. The molecule has 15 heteroatoms. The highest BCUT2D eigenvalue weighted by Gasteiger charge is 2.48. The summed E-state index contributed by atoms with van der Waals surface area (Å²) in [6.45, 7) is -1.34. The molecule has 0 unspecified atom stereocenters. The van der Waals surface area contributed by atoms with Gasteiger partial charge in [0, 0.05) is 27.3 Å². The van der Waals surface area contributed by atoms with Gasteiger partial charge in [0.05, 0.1) is 12.8 Å². The van der Waals surface area contributed by atoms with E-state index >= 15 is 0 Å². The normalized spacial score (nSPS) is 24.1. The van der Waals surface area contributed by atoms with Gasteiger partial charge >= 0.3 is 5.97 Å². The number of carbonyl (C=O) groups is 1. The summed E-state index contributed by atoms with van der Waals surface area (Å²) in [7, 11) is 0. The van der Waals surface area contributed by atoms with Crippen LogP contribution < -0.4 is 0 Å². The molecule has 0 aliphatic carbocycles. The lowest BCUT2D eigenvalue weighted by Crippen LogP contribution is -2.56. The molecule has 1 aliphatic rings. The maximum Gasteiger partial charge on any atom is 0.329 e. The molecule has 0 amide bonds. The van der Waals surface area contributed by atoms with Crippen LogP contribution in [-0.4, -0.2) is 78.2 Å². The highest BCUT2D eigenvalue weighted by molar-refractivity contribution is 9.10. The Morgan fingerprint density at radius 2 is 1.94 bits per heavy atom. The van der Waals surface area contributed by atoms with E-state index < -0.39 is 66.4 Å². The monoisotopic (exact) mass is 590 g/mol. The molecule has 3 N–H and O–H groups in total. The van der Waals surface area contributed by atoms with E-state index in [1.165, 1.54) is 12.4 Å². The first-order chi connectivity index (χ1) is 17.2. The van der Waals surface area contributed by atoms with Crippen molar-refractivity contribution in [1.82, 2.24) is 20.0 Å². The van der Waals surface area contributed by atoms with Gasteiger partial charge in [-0.15, -0.1) is 5.10 Å². The van der Waals surface area contributed by atoms with Gasteiger partial charge < -0.3 is 24.8 Å². The van der Waals surface area contributed by atoms with Crippen molar-refractivity contribution in [3.63, 3.8) is 0 Å². The molecule has 10 nitrogen and oxygen atoms in total. The van der Waals surface area contributed by atoms with Crippen LogP contribution >= 0.6 is 27.7 Å². The lowest BCUT2D eigenvalue weighted by molar-refractivity contribution is -0.196. The zero-order valence-electron chi connectivity index (χ0n) is 18.0. The highest BCUT2D eigenvalue weighted by Crippen LogP contribution is 2.40. The van der Waals surface area contributed by atoms with Gasteiger partial charge in [0.25, 0.3) is 0 Å². The van der Waals surface area contributed by atoms with Crippen LogP contribution in [0.5, 0.6) is 0 Å². The molecule has 1 saturated heterocycles. The predicted molar refractivity (Wildman–Crippen MR) is 121 cm³/mol. The smallest absolute Gasteiger partial charge is 0.329 e. The number of aliphatic hydroxyl groups is 2. The van der Waals surface area contributed by atoms with Crippen molar-refractivity contribution in [3.8, 4) is 11.3 Å². The summed E-state index contributed by atoms with van der Waals surface area (Å²) in [6, 6.07) is 2.07. The van der Waals surface area contributed by atoms with E-state index in [0.29, 0.717) is 9.37 Å². The Labute approximate surface area is 214 Å². The molecule has 0 radical (unpaired) electrons. The van der Waals surface area contributed by atoms with E-state index in [0.717, 1.165) is 28.6 Å². The Bertz CT molecular complexity index is 1230. The van der Waals surface area contributed by atoms with E-state index in [-0.39, 0.29) is 11.3 Å². The number of aliphatic carboxylic acids is 1. The molecule has 0 bridgehead atoms. The van der Waals surface area contributed by atoms with Gasteiger partial charge in [-0.1, -0.05) is 17.0 Å². The van der Waals surface area contributed by atoms with Gasteiger partial charge in [0.15, 0.2) is 17.5 Å². The number of ether oxygens (including phenoxy) is 2. The van der Waals surface area contributed by atoms with Crippen LogP contribution in [0.15, 0.2) is 46.2 Å². The fourth-order valence-electron chi connectivity index (χ4n) is 3.65. The van der Waals surface area contributed by atoms with Gasteiger partial charge in [0.2, 0.25) is 0 Å².